The number of nitrogens with one attached hydrogen (secondary N) is 1. The Labute approximate surface area is 149 Å². The predicted octanol–water partition coefficient (Wildman–Crippen LogP) is 2.45. The van der Waals surface area contributed by atoms with Crippen LogP contribution in [0.4, 0.5) is 0 Å². The van der Waals surface area contributed by atoms with Gasteiger partial charge in [0.2, 0.25) is 0 Å². The van der Waals surface area contributed by atoms with Gasteiger partial charge in [-0.15, -0.1) is 24.0 Å². The van der Waals surface area contributed by atoms with Gasteiger partial charge in [-0.2, -0.15) is 0 Å². The van der Waals surface area contributed by atoms with Crippen LogP contribution < -0.4 is 11.1 Å². The van der Waals surface area contributed by atoms with Gasteiger partial charge in [-0.1, -0.05) is 31.4 Å². The van der Waals surface area contributed by atoms with Crippen molar-refractivity contribution < 1.29 is 8.42 Å². The van der Waals surface area contributed by atoms with E-state index in [0.29, 0.717) is 23.4 Å². The molecule has 0 heterocycles. The van der Waals surface area contributed by atoms with E-state index in [9.17, 15) is 8.42 Å². The molecule has 1 fully saturated rings. The number of nitrogens with two attached hydrogens (primary N) is 1. The summed E-state index contributed by atoms with van der Waals surface area (Å²) in [6.45, 7) is 0.454. The van der Waals surface area contributed by atoms with E-state index in [4.69, 9.17) is 5.73 Å². The first kappa shape index (κ1) is 19.2. The SMILES string of the molecule is CS(=O)(=O)c1ccc(CN=C(N)NC2CCCCC2)cc1.I. The van der Waals surface area contributed by atoms with E-state index in [-0.39, 0.29) is 24.0 Å². The summed E-state index contributed by atoms with van der Waals surface area (Å²) in [6.07, 6.45) is 7.31. The number of guanidine groups is 1. The highest BCUT2D eigenvalue weighted by Crippen LogP contribution is 2.17. The highest BCUT2D eigenvalue weighted by molar-refractivity contribution is 14.0. The van der Waals surface area contributed by atoms with Crippen LogP contribution in [0.25, 0.3) is 0 Å². The highest BCUT2D eigenvalue weighted by atomic mass is 127. The smallest absolute Gasteiger partial charge is 0.189 e. The first-order valence-electron chi connectivity index (χ1n) is 7.30. The lowest BCUT2D eigenvalue weighted by Crippen LogP contribution is -2.41. The summed E-state index contributed by atoms with van der Waals surface area (Å²) in [4.78, 5) is 4.64. The molecule has 0 atom stereocenters. The van der Waals surface area contributed by atoms with Crippen molar-refractivity contribution in [2.24, 2.45) is 10.7 Å². The van der Waals surface area contributed by atoms with Gasteiger partial charge in [-0.3, -0.25) is 0 Å². The Bertz CT molecular complexity index is 594. The molecule has 1 aliphatic rings. The van der Waals surface area contributed by atoms with Crippen molar-refractivity contribution in [3.63, 3.8) is 0 Å². The Kier molecular flexibility index (Phi) is 7.61. The van der Waals surface area contributed by atoms with Gasteiger partial charge >= 0.3 is 0 Å². The maximum absolute atomic E-state index is 11.4. The fourth-order valence-corrected chi connectivity index (χ4v) is 3.15. The van der Waals surface area contributed by atoms with Crippen molar-refractivity contribution in [3.8, 4) is 0 Å². The van der Waals surface area contributed by atoms with Crippen LogP contribution in [0, 0.1) is 0 Å². The number of aliphatic imine (C=N–C) groups is 1. The van der Waals surface area contributed by atoms with Crippen molar-refractivity contribution >= 4 is 39.8 Å². The number of hydrogen-bond donors (Lipinski definition) is 2. The molecule has 22 heavy (non-hydrogen) atoms. The highest BCUT2D eigenvalue weighted by Gasteiger charge is 2.13. The molecule has 0 spiro atoms. The Morgan fingerprint density at radius 1 is 1.23 bits per heavy atom. The first-order valence-corrected chi connectivity index (χ1v) is 9.20. The molecule has 7 heteroatoms. The normalized spacial score (nSPS) is 16.9. The molecule has 124 valence electrons. The molecule has 0 aliphatic heterocycles. The number of halogens is 1. The largest absolute Gasteiger partial charge is 0.370 e. The quantitative estimate of drug-likeness (QED) is 0.431. The lowest BCUT2D eigenvalue weighted by Gasteiger charge is -2.23. The van der Waals surface area contributed by atoms with Crippen LogP contribution in [0.3, 0.4) is 0 Å². The second kappa shape index (κ2) is 8.71. The fraction of sp³-hybridized carbons (Fsp3) is 0.533. The zero-order chi connectivity index (χ0) is 15.3. The lowest BCUT2D eigenvalue weighted by molar-refractivity contribution is 0.412. The van der Waals surface area contributed by atoms with E-state index >= 15 is 0 Å². The molecule has 0 aromatic heterocycles. The molecule has 1 aromatic carbocycles. The molecular weight excluding hydrogens is 413 g/mol. The van der Waals surface area contributed by atoms with Crippen LogP contribution in [-0.2, 0) is 16.4 Å². The van der Waals surface area contributed by atoms with Gasteiger partial charge in [0, 0.05) is 12.3 Å². The van der Waals surface area contributed by atoms with E-state index in [1.165, 1.54) is 25.5 Å². The van der Waals surface area contributed by atoms with Gasteiger partial charge < -0.3 is 11.1 Å². The summed E-state index contributed by atoms with van der Waals surface area (Å²) in [5, 5.41) is 3.26. The van der Waals surface area contributed by atoms with Crippen LogP contribution >= 0.6 is 24.0 Å². The Balaban J connectivity index is 0.00000242. The maximum Gasteiger partial charge on any atom is 0.189 e. The van der Waals surface area contributed by atoms with E-state index < -0.39 is 9.84 Å². The van der Waals surface area contributed by atoms with E-state index in [1.807, 2.05) is 0 Å². The van der Waals surface area contributed by atoms with Crippen LogP contribution in [0.1, 0.15) is 37.7 Å². The molecule has 5 nitrogen and oxygen atoms in total. The Morgan fingerprint density at radius 2 is 1.82 bits per heavy atom. The summed E-state index contributed by atoms with van der Waals surface area (Å²) in [6, 6.07) is 7.19. The third kappa shape index (κ3) is 6.12. The van der Waals surface area contributed by atoms with Crippen LogP contribution in [0.2, 0.25) is 0 Å². The standard InChI is InChI=1S/C15H23N3O2S.HI/c1-21(19,20)14-9-7-12(8-10-14)11-17-15(16)18-13-5-3-2-4-6-13;/h7-10,13H,2-6,11H2,1H3,(H3,16,17,18);1H. The number of sulfone groups is 1. The maximum atomic E-state index is 11.4. The van der Waals surface area contributed by atoms with E-state index in [0.717, 1.165) is 18.4 Å². The molecule has 0 amide bonds. The minimum Gasteiger partial charge on any atom is -0.370 e. The molecule has 3 N–H and O–H groups in total. The topological polar surface area (TPSA) is 84.5 Å². The third-order valence-corrected chi connectivity index (χ3v) is 4.87. The minimum atomic E-state index is -3.14. The second-order valence-corrected chi connectivity index (χ2v) is 7.61. The zero-order valence-electron chi connectivity index (χ0n) is 12.8. The van der Waals surface area contributed by atoms with Crippen molar-refractivity contribution in [2.45, 2.75) is 49.6 Å². The van der Waals surface area contributed by atoms with Gasteiger partial charge in [-0.05, 0) is 30.5 Å². The monoisotopic (exact) mass is 437 g/mol. The molecule has 0 unspecified atom stereocenters. The summed E-state index contributed by atoms with van der Waals surface area (Å²) >= 11 is 0. The number of rotatable bonds is 4. The lowest BCUT2D eigenvalue weighted by atomic mass is 9.96. The molecule has 2 rings (SSSR count). The fourth-order valence-electron chi connectivity index (χ4n) is 2.52. The molecule has 1 aliphatic carbocycles. The summed E-state index contributed by atoms with van der Waals surface area (Å²) in [7, 11) is -3.14. The van der Waals surface area contributed by atoms with Gasteiger partial charge in [0.15, 0.2) is 15.8 Å². The molecule has 0 saturated heterocycles. The number of nitrogens with zero attached hydrogens (tertiary/aromatic N) is 1. The number of benzene rings is 1. The molecule has 1 aromatic rings. The molecular formula is C15H24IN3O2S. The third-order valence-electron chi connectivity index (χ3n) is 3.74. The average Bonchev–Trinajstić information content (AvgIpc) is 2.46. The van der Waals surface area contributed by atoms with Gasteiger partial charge in [0.25, 0.3) is 0 Å². The summed E-state index contributed by atoms with van der Waals surface area (Å²) < 4.78 is 22.7. The van der Waals surface area contributed by atoms with Gasteiger partial charge in [-0.25, -0.2) is 13.4 Å². The Hall–Kier alpha value is -0.830. The van der Waals surface area contributed by atoms with Gasteiger partial charge in [0.1, 0.15) is 0 Å². The average molecular weight is 437 g/mol. The summed E-state index contributed by atoms with van der Waals surface area (Å²) in [5.74, 6) is 0.467. The molecule has 0 radical (unpaired) electrons. The van der Waals surface area contributed by atoms with E-state index in [1.54, 1.807) is 24.3 Å². The van der Waals surface area contributed by atoms with Crippen LogP contribution in [0.15, 0.2) is 34.2 Å². The Morgan fingerprint density at radius 3 is 2.36 bits per heavy atom. The predicted molar refractivity (Wildman–Crippen MR) is 100 cm³/mol. The zero-order valence-corrected chi connectivity index (χ0v) is 15.9. The van der Waals surface area contributed by atoms with Crippen LogP contribution in [-0.4, -0.2) is 26.7 Å². The second-order valence-electron chi connectivity index (χ2n) is 5.60. The molecule has 0 bridgehead atoms. The molecule has 1 saturated carbocycles. The van der Waals surface area contributed by atoms with Crippen LogP contribution in [0.5, 0.6) is 0 Å². The summed E-state index contributed by atoms with van der Waals surface area (Å²) in [5.41, 5.74) is 6.84. The minimum absolute atomic E-state index is 0. The van der Waals surface area contributed by atoms with Crippen molar-refractivity contribution in [1.82, 2.24) is 5.32 Å². The number of hydrogen-bond acceptors (Lipinski definition) is 3. The van der Waals surface area contributed by atoms with E-state index in [2.05, 4.69) is 10.3 Å². The first-order chi connectivity index (χ1) is 9.95. The van der Waals surface area contributed by atoms with Gasteiger partial charge in [0.05, 0.1) is 11.4 Å². The van der Waals surface area contributed by atoms with Crippen molar-refractivity contribution in [2.75, 3.05) is 6.26 Å². The van der Waals surface area contributed by atoms with Crippen molar-refractivity contribution in [3.05, 3.63) is 29.8 Å². The van der Waals surface area contributed by atoms with Crippen molar-refractivity contribution in [1.29, 1.82) is 0 Å².